The lowest BCUT2D eigenvalue weighted by atomic mass is 9.88. The van der Waals surface area contributed by atoms with Crippen molar-refractivity contribution in [2.45, 2.75) is 25.4 Å². The van der Waals surface area contributed by atoms with E-state index in [0.717, 1.165) is 24.1 Å². The van der Waals surface area contributed by atoms with Gasteiger partial charge in [0.25, 0.3) is 0 Å². The Bertz CT molecular complexity index is 1300. The van der Waals surface area contributed by atoms with Crippen LogP contribution in [0.5, 0.6) is 5.75 Å². The van der Waals surface area contributed by atoms with Crippen LogP contribution in [-0.4, -0.2) is 42.4 Å². The fourth-order valence-electron chi connectivity index (χ4n) is 4.53. The molecule has 2 aromatic carbocycles. The van der Waals surface area contributed by atoms with Gasteiger partial charge >= 0.3 is 0 Å². The van der Waals surface area contributed by atoms with Gasteiger partial charge in [-0.05, 0) is 54.5 Å². The summed E-state index contributed by atoms with van der Waals surface area (Å²) in [7, 11) is -3.43. The first-order chi connectivity index (χ1) is 16.4. The van der Waals surface area contributed by atoms with Crippen molar-refractivity contribution >= 4 is 15.6 Å². The fourth-order valence-corrected chi connectivity index (χ4v) is 6.25. The molecule has 2 aliphatic rings. The molecule has 1 saturated carbocycles. The minimum atomic E-state index is -3.43. The second-order valence-electron chi connectivity index (χ2n) is 9.26. The third kappa shape index (κ3) is 5.05. The molecule has 0 radical (unpaired) electrons. The first-order valence-corrected chi connectivity index (χ1v) is 13.4. The van der Waals surface area contributed by atoms with Gasteiger partial charge in [0.05, 0.1) is 18.5 Å². The Morgan fingerprint density at radius 3 is 2.62 bits per heavy atom. The van der Waals surface area contributed by atoms with Gasteiger partial charge in [0.2, 0.25) is 0 Å². The highest BCUT2D eigenvalue weighted by Gasteiger charge is 2.32. The molecule has 5 rings (SSSR count). The fraction of sp³-hybridized carbons (Fsp3) is 0.333. The molecule has 3 aromatic rings. The van der Waals surface area contributed by atoms with Gasteiger partial charge in [-0.3, -0.25) is 9.78 Å². The molecule has 1 aliphatic carbocycles. The van der Waals surface area contributed by atoms with Crippen LogP contribution in [0.1, 0.15) is 40.6 Å². The van der Waals surface area contributed by atoms with E-state index in [1.807, 2.05) is 48.5 Å². The van der Waals surface area contributed by atoms with Crippen LogP contribution in [0.2, 0.25) is 0 Å². The predicted molar refractivity (Wildman–Crippen MR) is 129 cm³/mol. The number of aromatic nitrogens is 1. The summed E-state index contributed by atoms with van der Waals surface area (Å²) < 4.78 is 30.9. The Kier molecular flexibility index (Phi) is 6.23. The number of carbonyl (C=O) groups excluding carboxylic acids is 1. The average Bonchev–Trinajstić information content (AvgIpc) is 3.64. The molecule has 34 heavy (non-hydrogen) atoms. The maximum absolute atomic E-state index is 13.0. The van der Waals surface area contributed by atoms with E-state index in [1.165, 1.54) is 0 Å². The van der Waals surface area contributed by atoms with Crippen molar-refractivity contribution in [3.8, 4) is 16.9 Å². The summed E-state index contributed by atoms with van der Waals surface area (Å²) in [5, 5.41) is 11.0. The number of pyridine rings is 1. The SMILES string of the molecule is O=C(CS(=O)(=O)CC1CC1)c1ccccc1-c1ccc2c(c1)OCC(Cc1ccccn1)C2O. The molecule has 2 heterocycles. The summed E-state index contributed by atoms with van der Waals surface area (Å²) in [6.45, 7) is 0.355. The molecular formula is C27H27NO5S. The highest BCUT2D eigenvalue weighted by molar-refractivity contribution is 7.92. The third-order valence-corrected chi connectivity index (χ3v) is 8.19. The molecule has 1 aliphatic heterocycles. The number of fused-ring (bicyclic) bond motifs is 1. The number of carbonyl (C=O) groups is 1. The summed E-state index contributed by atoms with van der Waals surface area (Å²) in [6.07, 6.45) is 3.50. The van der Waals surface area contributed by atoms with Crippen LogP contribution in [-0.2, 0) is 16.3 Å². The molecule has 176 valence electrons. The van der Waals surface area contributed by atoms with Crippen LogP contribution < -0.4 is 4.74 Å². The summed E-state index contributed by atoms with van der Waals surface area (Å²) in [5.74, 6) is -0.116. The number of aliphatic hydroxyl groups excluding tert-OH is 1. The van der Waals surface area contributed by atoms with Gasteiger partial charge in [-0.25, -0.2) is 8.42 Å². The van der Waals surface area contributed by atoms with Crippen molar-refractivity contribution in [3.05, 3.63) is 83.7 Å². The van der Waals surface area contributed by atoms with E-state index in [0.29, 0.717) is 35.5 Å². The van der Waals surface area contributed by atoms with Crippen LogP contribution in [0.4, 0.5) is 0 Å². The van der Waals surface area contributed by atoms with E-state index in [2.05, 4.69) is 4.98 Å². The molecule has 2 unspecified atom stereocenters. The number of hydrogen-bond acceptors (Lipinski definition) is 6. The summed E-state index contributed by atoms with van der Waals surface area (Å²) in [6, 6.07) is 18.3. The minimum absolute atomic E-state index is 0.0884. The number of nitrogens with zero attached hydrogens (tertiary/aromatic N) is 1. The maximum atomic E-state index is 13.0. The quantitative estimate of drug-likeness (QED) is 0.492. The maximum Gasteiger partial charge on any atom is 0.178 e. The number of ether oxygens (including phenoxy) is 1. The van der Waals surface area contributed by atoms with Crippen molar-refractivity contribution in [2.24, 2.45) is 11.8 Å². The molecular weight excluding hydrogens is 450 g/mol. The van der Waals surface area contributed by atoms with Crippen LogP contribution in [0.3, 0.4) is 0 Å². The second kappa shape index (κ2) is 9.31. The monoisotopic (exact) mass is 477 g/mol. The van der Waals surface area contributed by atoms with Crippen LogP contribution in [0.25, 0.3) is 11.1 Å². The Labute approximate surface area is 199 Å². The number of aliphatic hydroxyl groups is 1. The van der Waals surface area contributed by atoms with Gasteiger partial charge in [0.1, 0.15) is 11.5 Å². The Morgan fingerprint density at radius 2 is 1.85 bits per heavy atom. The van der Waals surface area contributed by atoms with E-state index in [-0.39, 0.29) is 17.6 Å². The van der Waals surface area contributed by atoms with Gasteiger partial charge < -0.3 is 9.84 Å². The predicted octanol–water partition coefficient (Wildman–Crippen LogP) is 4.04. The molecule has 0 amide bonds. The minimum Gasteiger partial charge on any atom is -0.493 e. The first-order valence-electron chi connectivity index (χ1n) is 11.6. The largest absolute Gasteiger partial charge is 0.493 e. The van der Waals surface area contributed by atoms with Crippen LogP contribution in [0, 0.1) is 11.8 Å². The molecule has 0 bridgehead atoms. The first kappa shape index (κ1) is 22.7. The molecule has 0 saturated heterocycles. The van der Waals surface area contributed by atoms with E-state index < -0.39 is 27.5 Å². The number of ketones is 1. The van der Waals surface area contributed by atoms with E-state index in [9.17, 15) is 18.3 Å². The lowest BCUT2D eigenvalue weighted by molar-refractivity contribution is 0.0503. The van der Waals surface area contributed by atoms with Gasteiger partial charge in [0.15, 0.2) is 15.6 Å². The van der Waals surface area contributed by atoms with Gasteiger partial charge in [-0.2, -0.15) is 0 Å². The van der Waals surface area contributed by atoms with E-state index in [1.54, 1.807) is 18.3 Å². The number of rotatable bonds is 8. The Morgan fingerprint density at radius 1 is 1.06 bits per heavy atom. The number of hydrogen-bond donors (Lipinski definition) is 1. The van der Waals surface area contributed by atoms with Gasteiger partial charge in [0, 0.05) is 28.9 Å². The highest BCUT2D eigenvalue weighted by Crippen LogP contribution is 2.39. The van der Waals surface area contributed by atoms with E-state index in [4.69, 9.17) is 4.74 Å². The topological polar surface area (TPSA) is 93.6 Å². The molecule has 6 nitrogen and oxygen atoms in total. The van der Waals surface area contributed by atoms with Crippen molar-refractivity contribution in [3.63, 3.8) is 0 Å². The molecule has 7 heteroatoms. The second-order valence-corrected chi connectivity index (χ2v) is 11.4. The van der Waals surface area contributed by atoms with Crippen LogP contribution in [0.15, 0.2) is 66.9 Å². The highest BCUT2D eigenvalue weighted by atomic mass is 32.2. The molecule has 2 atom stereocenters. The Balaban J connectivity index is 1.37. The third-order valence-electron chi connectivity index (χ3n) is 6.51. The van der Waals surface area contributed by atoms with Crippen molar-refractivity contribution in [1.82, 2.24) is 4.98 Å². The number of sulfone groups is 1. The molecule has 1 aromatic heterocycles. The number of benzene rings is 2. The average molecular weight is 478 g/mol. The van der Waals surface area contributed by atoms with Crippen LogP contribution >= 0.6 is 0 Å². The smallest absolute Gasteiger partial charge is 0.178 e. The zero-order valence-electron chi connectivity index (χ0n) is 18.8. The molecule has 0 spiro atoms. The van der Waals surface area contributed by atoms with Crippen molar-refractivity contribution in [1.29, 1.82) is 0 Å². The van der Waals surface area contributed by atoms with Crippen molar-refractivity contribution < 1.29 is 23.1 Å². The summed E-state index contributed by atoms with van der Waals surface area (Å²) in [5.41, 5.74) is 3.39. The zero-order valence-corrected chi connectivity index (χ0v) is 19.6. The summed E-state index contributed by atoms with van der Waals surface area (Å²) in [4.78, 5) is 17.3. The van der Waals surface area contributed by atoms with Crippen molar-refractivity contribution in [2.75, 3.05) is 18.1 Å². The standard InChI is InChI=1S/C27H27NO5S/c29-25(17-34(31,32)16-18-8-9-18)23-7-2-1-6-22(23)19-10-11-24-26(14-19)33-15-20(27(24)30)13-21-5-3-4-12-28-21/h1-7,10-12,14,18,20,27,30H,8-9,13,15-17H2. The van der Waals surface area contributed by atoms with Gasteiger partial charge in [-0.15, -0.1) is 0 Å². The lowest BCUT2D eigenvalue weighted by Gasteiger charge is -2.30. The zero-order chi connectivity index (χ0) is 23.7. The number of Topliss-reactive ketones (excluding diaryl/α,β-unsaturated/α-hetero) is 1. The molecule has 1 N–H and O–H groups in total. The van der Waals surface area contributed by atoms with E-state index >= 15 is 0 Å². The Hall–Kier alpha value is -3.03. The summed E-state index contributed by atoms with van der Waals surface area (Å²) >= 11 is 0. The normalized spacial score (nSPS) is 19.8. The molecule has 1 fully saturated rings. The lowest BCUT2D eigenvalue weighted by Crippen LogP contribution is -2.28. The van der Waals surface area contributed by atoms with Gasteiger partial charge in [-0.1, -0.05) is 42.5 Å².